The number of nitrogens with zero attached hydrogens (tertiary/aromatic N) is 1. The fourth-order valence-electron chi connectivity index (χ4n) is 4.01. The maximum atomic E-state index is 13.1. The number of likely N-dealkylation sites (tertiary alicyclic amines) is 1. The quantitative estimate of drug-likeness (QED) is 0.237. The molecule has 176 valence electrons. The van der Waals surface area contributed by atoms with Crippen molar-refractivity contribution in [3.63, 3.8) is 0 Å². The van der Waals surface area contributed by atoms with Gasteiger partial charge in [0.05, 0.1) is 18.2 Å². The van der Waals surface area contributed by atoms with Crippen molar-refractivity contribution in [1.29, 1.82) is 0 Å². The largest absolute Gasteiger partial charge is 0.507 e. The summed E-state index contributed by atoms with van der Waals surface area (Å²) < 4.78 is 10.8. The van der Waals surface area contributed by atoms with Crippen LogP contribution in [0, 0.1) is 0 Å². The molecule has 2 aromatic rings. The van der Waals surface area contributed by atoms with Crippen molar-refractivity contribution < 1.29 is 24.2 Å². The number of carbonyl (C=O) groups is 2. The van der Waals surface area contributed by atoms with Crippen molar-refractivity contribution in [2.45, 2.75) is 45.6 Å². The Kier molecular flexibility index (Phi) is 8.28. The van der Waals surface area contributed by atoms with Gasteiger partial charge in [0, 0.05) is 25.8 Å². The molecule has 1 fully saturated rings. The molecular formula is C27H33NO5. The molecule has 1 aliphatic heterocycles. The molecule has 1 aliphatic rings. The summed E-state index contributed by atoms with van der Waals surface area (Å²) in [6, 6.07) is 14.2. The minimum absolute atomic E-state index is 0.0994. The van der Waals surface area contributed by atoms with E-state index in [4.69, 9.17) is 9.47 Å². The van der Waals surface area contributed by atoms with Gasteiger partial charge in [0.25, 0.3) is 11.7 Å². The van der Waals surface area contributed by atoms with Gasteiger partial charge in [-0.25, -0.2) is 0 Å². The summed E-state index contributed by atoms with van der Waals surface area (Å²) in [5.74, 6) is -0.514. The van der Waals surface area contributed by atoms with Crippen LogP contribution >= 0.6 is 0 Å². The molecule has 1 saturated heterocycles. The van der Waals surface area contributed by atoms with Crippen molar-refractivity contribution >= 4 is 17.4 Å². The standard InChI is InChI=1S/C27H33NO5/c1-5-15-33-22-9-6-8-21(17-22)25(29)23-24(20-12-10-19(11-13-20)18(2)3)28(14-7-16-32-4)27(31)26(23)30/h6,8-13,17-18,24,29H,5,7,14-16H2,1-4H3/b25-23+. The van der Waals surface area contributed by atoms with E-state index in [9.17, 15) is 14.7 Å². The van der Waals surface area contributed by atoms with Crippen molar-refractivity contribution in [2.24, 2.45) is 0 Å². The average Bonchev–Trinajstić information content (AvgIpc) is 3.07. The van der Waals surface area contributed by atoms with Gasteiger partial charge in [-0.05, 0) is 42.0 Å². The molecule has 3 rings (SSSR count). The zero-order valence-electron chi connectivity index (χ0n) is 19.8. The Labute approximate surface area is 195 Å². The van der Waals surface area contributed by atoms with E-state index in [1.807, 2.05) is 31.2 Å². The fraction of sp³-hybridized carbons (Fsp3) is 0.407. The average molecular weight is 452 g/mol. The number of hydrogen-bond donors (Lipinski definition) is 1. The Morgan fingerprint density at radius 2 is 1.82 bits per heavy atom. The van der Waals surface area contributed by atoms with Gasteiger partial charge < -0.3 is 19.5 Å². The first kappa shape index (κ1) is 24.5. The van der Waals surface area contributed by atoms with E-state index in [0.717, 1.165) is 17.5 Å². The molecule has 33 heavy (non-hydrogen) atoms. The normalized spacial score (nSPS) is 17.7. The third-order valence-electron chi connectivity index (χ3n) is 5.79. The highest BCUT2D eigenvalue weighted by molar-refractivity contribution is 6.46. The van der Waals surface area contributed by atoms with Crippen molar-refractivity contribution in [2.75, 3.05) is 26.9 Å². The molecule has 0 saturated carbocycles. The van der Waals surface area contributed by atoms with Gasteiger partial charge in [0.1, 0.15) is 11.5 Å². The first-order chi connectivity index (χ1) is 15.9. The second kappa shape index (κ2) is 11.1. The third-order valence-corrected chi connectivity index (χ3v) is 5.79. The van der Waals surface area contributed by atoms with E-state index < -0.39 is 17.7 Å². The first-order valence-electron chi connectivity index (χ1n) is 11.5. The fourth-order valence-corrected chi connectivity index (χ4v) is 4.01. The van der Waals surface area contributed by atoms with Gasteiger partial charge in [-0.1, -0.05) is 57.2 Å². The molecular weight excluding hydrogens is 418 g/mol. The first-order valence-corrected chi connectivity index (χ1v) is 11.5. The van der Waals surface area contributed by atoms with E-state index in [0.29, 0.717) is 43.4 Å². The molecule has 0 radical (unpaired) electrons. The zero-order chi connectivity index (χ0) is 24.0. The lowest BCUT2D eigenvalue weighted by molar-refractivity contribution is -0.140. The van der Waals surface area contributed by atoms with E-state index in [1.54, 1.807) is 31.4 Å². The molecule has 1 heterocycles. The number of amides is 1. The monoisotopic (exact) mass is 451 g/mol. The number of Topliss-reactive ketones (excluding diaryl/α,β-unsaturated/α-hetero) is 1. The Balaban J connectivity index is 2.08. The van der Waals surface area contributed by atoms with Crippen LogP contribution in [0.15, 0.2) is 54.1 Å². The van der Waals surface area contributed by atoms with Crippen LogP contribution < -0.4 is 4.74 Å². The van der Waals surface area contributed by atoms with Gasteiger partial charge >= 0.3 is 0 Å². The maximum absolute atomic E-state index is 13.1. The van der Waals surface area contributed by atoms with E-state index in [2.05, 4.69) is 13.8 Å². The summed E-state index contributed by atoms with van der Waals surface area (Å²) in [7, 11) is 1.60. The van der Waals surface area contributed by atoms with Crippen LogP contribution in [0.4, 0.5) is 0 Å². The van der Waals surface area contributed by atoms with Crippen LogP contribution in [0.25, 0.3) is 5.76 Å². The highest BCUT2D eigenvalue weighted by Crippen LogP contribution is 2.40. The highest BCUT2D eigenvalue weighted by Gasteiger charge is 2.45. The molecule has 0 bridgehead atoms. The summed E-state index contributed by atoms with van der Waals surface area (Å²) in [4.78, 5) is 27.6. The number of benzene rings is 2. The van der Waals surface area contributed by atoms with Crippen LogP contribution in [-0.4, -0.2) is 48.6 Å². The van der Waals surface area contributed by atoms with Gasteiger partial charge in [0.15, 0.2) is 0 Å². The molecule has 0 spiro atoms. The molecule has 1 unspecified atom stereocenters. The molecule has 6 nitrogen and oxygen atoms in total. The lowest BCUT2D eigenvalue weighted by atomic mass is 9.93. The van der Waals surface area contributed by atoms with Crippen LogP contribution in [0.3, 0.4) is 0 Å². The topological polar surface area (TPSA) is 76.1 Å². The van der Waals surface area contributed by atoms with Gasteiger partial charge in [-0.15, -0.1) is 0 Å². The highest BCUT2D eigenvalue weighted by atomic mass is 16.5. The van der Waals surface area contributed by atoms with Gasteiger partial charge in [-0.3, -0.25) is 9.59 Å². The third kappa shape index (κ3) is 5.45. The van der Waals surface area contributed by atoms with Crippen LogP contribution in [-0.2, 0) is 14.3 Å². The molecule has 0 aromatic heterocycles. The van der Waals surface area contributed by atoms with Crippen molar-refractivity contribution in [3.8, 4) is 5.75 Å². The summed E-state index contributed by atoms with van der Waals surface area (Å²) in [6.45, 7) is 7.61. The summed E-state index contributed by atoms with van der Waals surface area (Å²) in [5.41, 5.74) is 2.50. The number of ketones is 1. The number of carbonyl (C=O) groups excluding carboxylic acids is 2. The second-order valence-electron chi connectivity index (χ2n) is 8.54. The number of hydrogen-bond acceptors (Lipinski definition) is 5. The molecule has 2 aromatic carbocycles. The minimum atomic E-state index is -0.678. The number of rotatable bonds is 10. The maximum Gasteiger partial charge on any atom is 0.295 e. The predicted molar refractivity (Wildman–Crippen MR) is 128 cm³/mol. The Morgan fingerprint density at radius 3 is 2.45 bits per heavy atom. The van der Waals surface area contributed by atoms with Crippen LogP contribution in [0.1, 0.15) is 62.3 Å². The summed E-state index contributed by atoms with van der Waals surface area (Å²) >= 11 is 0. The summed E-state index contributed by atoms with van der Waals surface area (Å²) in [5, 5.41) is 11.2. The van der Waals surface area contributed by atoms with Crippen LogP contribution in [0.2, 0.25) is 0 Å². The lowest BCUT2D eigenvalue weighted by Gasteiger charge is -2.25. The van der Waals surface area contributed by atoms with Crippen molar-refractivity contribution in [3.05, 3.63) is 70.8 Å². The molecule has 1 atom stereocenters. The Bertz CT molecular complexity index is 1010. The van der Waals surface area contributed by atoms with Crippen molar-refractivity contribution in [1.82, 2.24) is 4.90 Å². The van der Waals surface area contributed by atoms with E-state index in [-0.39, 0.29) is 11.3 Å². The number of aliphatic hydroxyl groups excluding tert-OH is 1. The molecule has 6 heteroatoms. The SMILES string of the molecule is CCCOc1cccc(/C(O)=C2\C(=O)C(=O)N(CCCOC)C2c2ccc(C(C)C)cc2)c1. The Morgan fingerprint density at radius 1 is 1.09 bits per heavy atom. The molecule has 0 aliphatic carbocycles. The predicted octanol–water partition coefficient (Wildman–Crippen LogP) is 5.06. The number of aliphatic hydroxyl groups is 1. The smallest absolute Gasteiger partial charge is 0.295 e. The Hall–Kier alpha value is -3.12. The number of methoxy groups -OCH3 is 1. The minimum Gasteiger partial charge on any atom is -0.507 e. The molecule has 1 N–H and O–H groups in total. The number of ether oxygens (including phenoxy) is 2. The van der Waals surface area contributed by atoms with Gasteiger partial charge in [0.2, 0.25) is 0 Å². The van der Waals surface area contributed by atoms with Gasteiger partial charge in [-0.2, -0.15) is 0 Å². The van der Waals surface area contributed by atoms with Crippen LogP contribution in [0.5, 0.6) is 5.75 Å². The second-order valence-corrected chi connectivity index (χ2v) is 8.54. The van der Waals surface area contributed by atoms with E-state index >= 15 is 0 Å². The molecule has 1 amide bonds. The van der Waals surface area contributed by atoms with E-state index in [1.165, 1.54) is 4.90 Å². The summed E-state index contributed by atoms with van der Waals surface area (Å²) in [6.07, 6.45) is 1.44. The zero-order valence-corrected chi connectivity index (χ0v) is 19.8. The lowest BCUT2D eigenvalue weighted by Crippen LogP contribution is -2.31.